The van der Waals surface area contributed by atoms with Crippen molar-refractivity contribution in [2.45, 2.75) is 12.3 Å². The van der Waals surface area contributed by atoms with Gasteiger partial charge in [-0.05, 0) is 35.5 Å². The van der Waals surface area contributed by atoms with Gasteiger partial charge in [-0.2, -0.15) is 8.78 Å². The molecule has 0 saturated carbocycles. The Morgan fingerprint density at radius 1 is 1.67 bits per heavy atom. The highest BCUT2D eigenvalue weighted by Crippen LogP contribution is 2.28. The Labute approximate surface area is 77.0 Å². The minimum Gasteiger partial charge on any atom is -0.285 e. The Kier molecular flexibility index (Phi) is 2.49. The molecule has 0 unspecified atom stereocenters. The molecule has 0 aliphatic rings. The molecule has 1 aromatic rings. The first kappa shape index (κ1) is 9.61. The van der Waals surface area contributed by atoms with Crippen LogP contribution in [0.2, 0.25) is 0 Å². The first-order chi connectivity index (χ1) is 5.43. The molecule has 0 saturated heterocycles. The van der Waals surface area contributed by atoms with Crippen LogP contribution in [-0.4, -0.2) is 11.2 Å². The van der Waals surface area contributed by atoms with Crippen LogP contribution in [0.15, 0.2) is 11.4 Å². The number of rotatable bonds is 2. The molecule has 0 fully saturated rings. The van der Waals surface area contributed by atoms with Crippen molar-refractivity contribution in [1.82, 2.24) is 0 Å². The van der Waals surface area contributed by atoms with Crippen LogP contribution in [0.1, 0.15) is 15.2 Å². The van der Waals surface area contributed by atoms with Gasteiger partial charge in [-0.1, -0.05) is 0 Å². The van der Waals surface area contributed by atoms with Crippen molar-refractivity contribution < 1.29 is 13.6 Å². The summed E-state index contributed by atoms with van der Waals surface area (Å²) in [7, 11) is 0. The van der Waals surface area contributed by atoms with Crippen molar-refractivity contribution in [2.75, 3.05) is 0 Å². The molecule has 1 nitrogen and oxygen atoms in total. The van der Waals surface area contributed by atoms with Gasteiger partial charge in [-0.25, -0.2) is 0 Å². The van der Waals surface area contributed by atoms with Crippen LogP contribution >= 0.6 is 22.9 Å². The molecule has 0 radical (unpaired) electrons. The van der Waals surface area contributed by atoms with E-state index in [4.69, 9.17) is 0 Å². The number of ketones is 1. The monoisotopic (exact) mass is 210 g/mol. The van der Waals surface area contributed by atoms with Gasteiger partial charge in [0.2, 0.25) is 0 Å². The second-order valence-electron chi connectivity index (χ2n) is 2.26. The topological polar surface area (TPSA) is 17.1 Å². The van der Waals surface area contributed by atoms with Gasteiger partial charge >= 0.3 is 5.38 Å². The standard InChI is InChI=1S/C7H5ClF2OS/c1-4-2-3-12-5(4)6(11)7(8,9)10/h2-3H,1H3. The maximum Gasteiger partial charge on any atom is 0.385 e. The Morgan fingerprint density at radius 2 is 2.25 bits per heavy atom. The molecular formula is C7H5ClF2OS. The summed E-state index contributed by atoms with van der Waals surface area (Å²) in [5.41, 5.74) is 0.533. The van der Waals surface area contributed by atoms with Crippen LogP contribution in [-0.2, 0) is 0 Å². The lowest BCUT2D eigenvalue weighted by atomic mass is 10.2. The van der Waals surface area contributed by atoms with E-state index in [1.165, 1.54) is 0 Å². The van der Waals surface area contributed by atoms with E-state index in [0.29, 0.717) is 5.56 Å². The van der Waals surface area contributed by atoms with Gasteiger partial charge in [0.15, 0.2) is 0 Å². The SMILES string of the molecule is Cc1ccsc1C(=O)C(F)(F)Cl. The molecule has 0 aliphatic carbocycles. The van der Waals surface area contributed by atoms with Gasteiger partial charge < -0.3 is 0 Å². The second-order valence-corrected chi connectivity index (χ2v) is 3.65. The van der Waals surface area contributed by atoms with E-state index in [1.54, 1.807) is 18.4 Å². The Balaban J connectivity index is 3.01. The maximum absolute atomic E-state index is 12.3. The predicted molar refractivity (Wildman–Crippen MR) is 44.2 cm³/mol. The van der Waals surface area contributed by atoms with Crippen molar-refractivity contribution >= 4 is 28.7 Å². The van der Waals surface area contributed by atoms with Crippen molar-refractivity contribution in [2.24, 2.45) is 0 Å². The Bertz CT molecular complexity index is 303. The first-order valence-electron chi connectivity index (χ1n) is 3.08. The average molecular weight is 211 g/mol. The van der Waals surface area contributed by atoms with E-state index < -0.39 is 11.2 Å². The number of carbonyl (C=O) groups is 1. The van der Waals surface area contributed by atoms with Crippen LogP contribution < -0.4 is 0 Å². The second kappa shape index (κ2) is 3.11. The highest BCUT2D eigenvalue weighted by atomic mass is 35.5. The van der Waals surface area contributed by atoms with E-state index in [9.17, 15) is 13.6 Å². The third-order valence-electron chi connectivity index (χ3n) is 1.33. The van der Waals surface area contributed by atoms with Crippen LogP contribution in [0.4, 0.5) is 8.78 Å². The number of aryl methyl sites for hydroxylation is 1. The van der Waals surface area contributed by atoms with Crippen LogP contribution in [0, 0.1) is 6.92 Å². The number of Topliss-reactive ketones (excluding diaryl/α,β-unsaturated/α-hetero) is 1. The number of thiophene rings is 1. The number of alkyl halides is 3. The summed E-state index contributed by atoms with van der Waals surface area (Å²) in [6.07, 6.45) is 0. The highest BCUT2D eigenvalue weighted by Gasteiger charge is 2.37. The summed E-state index contributed by atoms with van der Waals surface area (Å²) in [6, 6.07) is 1.60. The fourth-order valence-electron chi connectivity index (χ4n) is 0.734. The number of halogens is 3. The van der Waals surface area contributed by atoms with Gasteiger partial charge in [0.1, 0.15) is 0 Å². The van der Waals surface area contributed by atoms with Gasteiger partial charge in [0.05, 0.1) is 4.88 Å². The Hall–Kier alpha value is -0.480. The zero-order valence-electron chi connectivity index (χ0n) is 6.11. The highest BCUT2D eigenvalue weighted by molar-refractivity contribution is 7.12. The molecule has 0 aliphatic heterocycles. The molecule has 1 rings (SSSR count). The van der Waals surface area contributed by atoms with Crippen molar-refractivity contribution in [1.29, 1.82) is 0 Å². The van der Waals surface area contributed by atoms with Gasteiger partial charge in [-0.3, -0.25) is 4.79 Å². The summed E-state index contributed by atoms with van der Waals surface area (Å²) < 4.78 is 24.6. The first-order valence-corrected chi connectivity index (χ1v) is 4.34. The molecule has 5 heteroatoms. The van der Waals surface area contributed by atoms with Crippen LogP contribution in [0.5, 0.6) is 0 Å². The van der Waals surface area contributed by atoms with E-state index in [-0.39, 0.29) is 4.88 Å². The zero-order chi connectivity index (χ0) is 9.35. The molecule has 0 aromatic carbocycles. The fourth-order valence-corrected chi connectivity index (χ4v) is 1.78. The molecule has 0 bridgehead atoms. The molecule has 0 N–H and O–H groups in total. The smallest absolute Gasteiger partial charge is 0.285 e. The molecule has 0 spiro atoms. The van der Waals surface area contributed by atoms with Crippen molar-refractivity contribution in [3.63, 3.8) is 0 Å². The molecule has 12 heavy (non-hydrogen) atoms. The molecule has 0 amide bonds. The summed E-state index contributed by atoms with van der Waals surface area (Å²) in [5, 5.41) is -2.21. The lowest BCUT2D eigenvalue weighted by Gasteiger charge is -2.04. The third kappa shape index (κ3) is 1.81. The number of hydrogen-bond acceptors (Lipinski definition) is 2. The fraction of sp³-hybridized carbons (Fsp3) is 0.286. The normalized spacial score (nSPS) is 11.7. The number of hydrogen-bond donors (Lipinski definition) is 0. The summed E-state index contributed by atoms with van der Waals surface area (Å²) >= 11 is 5.54. The third-order valence-corrected chi connectivity index (χ3v) is 2.51. The molecule has 1 aromatic heterocycles. The number of carbonyl (C=O) groups excluding carboxylic acids is 1. The van der Waals surface area contributed by atoms with E-state index >= 15 is 0 Å². The predicted octanol–water partition coefficient (Wildman–Crippen LogP) is 3.07. The maximum atomic E-state index is 12.3. The van der Waals surface area contributed by atoms with E-state index in [0.717, 1.165) is 11.3 Å². The minimum atomic E-state index is -3.78. The molecule has 0 atom stereocenters. The zero-order valence-corrected chi connectivity index (χ0v) is 7.68. The lowest BCUT2D eigenvalue weighted by molar-refractivity contribution is 0.0540. The van der Waals surface area contributed by atoms with Gasteiger partial charge in [0, 0.05) is 0 Å². The lowest BCUT2D eigenvalue weighted by Crippen LogP contribution is -2.20. The average Bonchev–Trinajstić information content (AvgIpc) is 2.31. The van der Waals surface area contributed by atoms with Crippen molar-refractivity contribution in [3.05, 3.63) is 21.9 Å². The summed E-state index contributed by atoms with van der Waals surface area (Å²) in [5.74, 6) is -1.32. The van der Waals surface area contributed by atoms with Crippen molar-refractivity contribution in [3.8, 4) is 0 Å². The molecule has 66 valence electrons. The molecule has 1 heterocycles. The van der Waals surface area contributed by atoms with Gasteiger partial charge in [-0.15, -0.1) is 11.3 Å². The van der Waals surface area contributed by atoms with Crippen LogP contribution in [0.3, 0.4) is 0 Å². The quantitative estimate of drug-likeness (QED) is 0.542. The summed E-state index contributed by atoms with van der Waals surface area (Å²) in [4.78, 5) is 10.9. The van der Waals surface area contributed by atoms with E-state index in [1.807, 2.05) is 0 Å². The molecular weight excluding hydrogens is 206 g/mol. The minimum absolute atomic E-state index is 0.0231. The van der Waals surface area contributed by atoms with Gasteiger partial charge in [0.25, 0.3) is 5.78 Å². The summed E-state index contributed by atoms with van der Waals surface area (Å²) in [6.45, 7) is 1.59. The van der Waals surface area contributed by atoms with E-state index in [2.05, 4.69) is 11.6 Å². The Morgan fingerprint density at radius 3 is 2.58 bits per heavy atom. The van der Waals surface area contributed by atoms with Crippen LogP contribution in [0.25, 0.3) is 0 Å². The largest absolute Gasteiger partial charge is 0.385 e.